The van der Waals surface area contributed by atoms with Crippen molar-refractivity contribution in [2.75, 3.05) is 13.1 Å². The third kappa shape index (κ3) is 2.88. The minimum Gasteiger partial charge on any atom is -0.329 e. The summed E-state index contributed by atoms with van der Waals surface area (Å²) < 4.78 is 0.791. The first-order valence-electron chi connectivity index (χ1n) is 5.98. The van der Waals surface area contributed by atoms with E-state index in [1.165, 1.54) is 6.42 Å². The van der Waals surface area contributed by atoms with Gasteiger partial charge in [-0.1, -0.05) is 15.9 Å². The first kappa shape index (κ1) is 13.5. The van der Waals surface area contributed by atoms with Gasteiger partial charge in [0.2, 0.25) is 0 Å². The Morgan fingerprint density at radius 1 is 1.56 bits per heavy atom. The summed E-state index contributed by atoms with van der Waals surface area (Å²) in [5.41, 5.74) is 6.92. The maximum absolute atomic E-state index is 10.7. The van der Waals surface area contributed by atoms with E-state index in [1.807, 2.05) is 6.07 Å². The lowest BCUT2D eigenvalue weighted by Gasteiger charge is -2.23. The van der Waals surface area contributed by atoms with Gasteiger partial charge < -0.3 is 5.73 Å². The number of nitro groups is 1. The molecule has 5 nitrogen and oxygen atoms in total. The summed E-state index contributed by atoms with van der Waals surface area (Å²) in [6, 6.07) is 5.36. The maximum Gasteiger partial charge on any atom is 0.270 e. The molecule has 0 spiro atoms. The van der Waals surface area contributed by atoms with Gasteiger partial charge in [0.25, 0.3) is 5.69 Å². The topological polar surface area (TPSA) is 72.4 Å². The molecular formula is C12H16BrN3O2. The molecule has 1 heterocycles. The third-order valence-corrected chi connectivity index (χ3v) is 4.13. The Balaban J connectivity index is 2.12. The van der Waals surface area contributed by atoms with Crippen LogP contribution in [0.4, 0.5) is 5.69 Å². The van der Waals surface area contributed by atoms with E-state index in [0.717, 1.165) is 29.5 Å². The summed E-state index contributed by atoms with van der Waals surface area (Å²) in [5.74, 6) is 0. The first-order valence-corrected chi connectivity index (χ1v) is 6.78. The minimum absolute atomic E-state index is 0.113. The molecule has 1 atom stereocenters. The van der Waals surface area contributed by atoms with Crippen molar-refractivity contribution in [1.82, 2.24) is 4.90 Å². The second-order valence-electron chi connectivity index (χ2n) is 4.54. The number of halogens is 1. The molecule has 0 amide bonds. The van der Waals surface area contributed by atoms with E-state index in [4.69, 9.17) is 5.73 Å². The molecule has 98 valence electrons. The number of benzene rings is 1. The summed E-state index contributed by atoms with van der Waals surface area (Å²) in [6.07, 6.45) is 2.31. The van der Waals surface area contributed by atoms with Crippen LogP contribution in [0.25, 0.3) is 0 Å². The number of hydrogen-bond acceptors (Lipinski definition) is 4. The predicted molar refractivity (Wildman–Crippen MR) is 73.3 cm³/mol. The summed E-state index contributed by atoms with van der Waals surface area (Å²) in [5, 5.41) is 10.7. The zero-order valence-electron chi connectivity index (χ0n) is 10.0. The Bertz CT molecular complexity index is 453. The molecule has 18 heavy (non-hydrogen) atoms. The largest absolute Gasteiger partial charge is 0.329 e. The van der Waals surface area contributed by atoms with Crippen LogP contribution in [0.5, 0.6) is 0 Å². The van der Waals surface area contributed by atoms with Gasteiger partial charge in [-0.3, -0.25) is 15.0 Å². The fourth-order valence-electron chi connectivity index (χ4n) is 2.37. The maximum atomic E-state index is 10.7. The van der Waals surface area contributed by atoms with Crippen molar-refractivity contribution >= 4 is 21.6 Å². The molecule has 1 aliphatic rings. The molecule has 1 fully saturated rings. The van der Waals surface area contributed by atoms with Crippen LogP contribution in [0.15, 0.2) is 22.7 Å². The van der Waals surface area contributed by atoms with Crippen LogP contribution >= 0.6 is 15.9 Å². The van der Waals surface area contributed by atoms with Gasteiger partial charge in [0.05, 0.1) is 4.92 Å². The van der Waals surface area contributed by atoms with Crippen molar-refractivity contribution in [1.29, 1.82) is 0 Å². The number of nitrogens with zero attached hydrogens (tertiary/aromatic N) is 2. The molecule has 1 saturated heterocycles. The number of nitrogens with two attached hydrogens (primary N) is 1. The monoisotopic (exact) mass is 313 g/mol. The van der Waals surface area contributed by atoms with E-state index < -0.39 is 0 Å². The van der Waals surface area contributed by atoms with Crippen molar-refractivity contribution < 1.29 is 4.92 Å². The van der Waals surface area contributed by atoms with Crippen molar-refractivity contribution in [3.63, 3.8) is 0 Å². The zero-order chi connectivity index (χ0) is 13.1. The van der Waals surface area contributed by atoms with Crippen LogP contribution in [0.2, 0.25) is 0 Å². The van der Waals surface area contributed by atoms with Gasteiger partial charge in [0.15, 0.2) is 0 Å². The normalized spacial score (nSPS) is 20.2. The fourth-order valence-corrected chi connectivity index (χ4v) is 2.86. The smallest absolute Gasteiger partial charge is 0.270 e. The molecule has 1 aromatic rings. The second kappa shape index (κ2) is 5.77. The van der Waals surface area contributed by atoms with Gasteiger partial charge in [0.1, 0.15) is 0 Å². The van der Waals surface area contributed by atoms with Crippen molar-refractivity contribution in [2.24, 2.45) is 5.73 Å². The van der Waals surface area contributed by atoms with Gasteiger partial charge in [-0.25, -0.2) is 0 Å². The Morgan fingerprint density at radius 3 is 2.94 bits per heavy atom. The number of rotatable bonds is 4. The first-order chi connectivity index (χ1) is 8.61. The molecule has 0 bridgehead atoms. The second-order valence-corrected chi connectivity index (χ2v) is 5.39. The lowest BCUT2D eigenvalue weighted by Crippen LogP contribution is -2.34. The van der Waals surface area contributed by atoms with Gasteiger partial charge >= 0.3 is 0 Å². The quantitative estimate of drug-likeness (QED) is 0.683. The number of likely N-dealkylation sites (tertiary alicyclic amines) is 1. The Morgan fingerprint density at radius 2 is 2.33 bits per heavy atom. The molecule has 1 unspecified atom stereocenters. The van der Waals surface area contributed by atoms with Gasteiger partial charge in [-0.05, 0) is 31.0 Å². The molecule has 1 aromatic carbocycles. The molecule has 2 N–H and O–H groups in total. The summed E-state index contributed by atoms with van der Waals surface area (Å²) >= 11 is 3.40. The van der Waals surface area contributed by atoms with Crippen LogP contribution in [0.3, 0.4) is 0 Å². The van der Waals surface area contributed by atoms with E-state index in [2.05, 4.69) is 20.8 Å². The molecule has 0 aliphatic carbocycles. The highest BCUT2D eigenvalue weighted by atomic mass is 79.9. The van der Waals surface area contributed by atoms with Crippen LogP contribution in [-0.4, -0.2) is 29.0 Å². The van der Waals surface area contributed by atoms with Crippen molar-refractivity contribution in [3.05, 3.63) is 38.3 Å². The Kier molecular flexibility index (Phi) is 4.31. The molecule has 0 aromatic heterocycles. The SMILES string of the molecule is NCC1CCCN1Cc1ccc([N+](=O)[O-])cc1Br. The lowest BCUT2D eigenvalue weighted by molar-refractivity contribution is -0.384. The Labute approximate surface area is 114 Å². The summed E-state index contributed by atoms with van der Waals surface area (Å²) in [7, 11) is 0. The van der Waals surface area contributed by atoms with Crippen molar-refractivity contribution in [3.8, 4) is 0 Å². The minimum atomic E-state index is -0.382. The highest BCUT2D eigenvalue weighted by Crippen LogP contribution is 2.26. The number of hydrogen-bond donors (Lipinski definition) is 1. The van der Waals surface area contributed by atoms with E-state index in [1.54, 1.807) is 12.1 Å². The number of non-ortho nitro benzene ring substituents is 1. The highest BCUT2D eigenvalue weighted by molar-refractivity contribution is 9.10. The van der Waals surface area contributed by atoms with Crippen molar-refractivity contribution in [2.45, 2.75) is 25.4 Å². The molecular weight excluding hydrogens is 298 g/mol. The van der Waals surface area contributed by atoms with E-state index in [9.17, 15) is 10.1 Å². The molecule has 6 heteroatoms. The fraction of sp³-hybridized carbons (Fsp3) is 0.500. The zero-order valence-corrected chi connectivity index (χ0v) is 11.6. The molecule has 2 rings (SSSR count). The molecule has 1 aliphatic heterocycles. The third-order valence-electron chi connectivity index (χ3n) is 3.39. The summed E-state index contributed by atoms with van der Waals surface area (Å²) in [4.78, 5) is 12.6. The Hall–Kier alpha value is -0.980. The van der Waals surface area contributed by atoms with Crippen LogP contribution in [0, 0.1) is 10.1 Å². The summed E-state index contributed by atoms with van der Waals surface area (Å²) in [6.45, 7) is 2.51. The van der Waals surface area contributed by atoms with Crippen LogP contribution in [0.1, 0.15) is 18.4 Å². The predicted octanol–water partition coefficient (Wildman–Crippen LogP) is 2.28. The van der Waals surface area contributed by atoms with E-state index in [0.29, 0.717) is 12.6 Å². The average molecular weight is 314 g/mol. The van der Waals surface area contributed by atoms with Crippen LogP contribution in [-0.2, 0) is 6.54 Å². The van der Waals surface area contributed by atoms with Crippen LogP contribution < -0.4 is 5.73 Å². The molecule has 0 saturated carbocycles. The average Bonchev–Trinajstić information content (AvgIpc) is 2.78. The van der Waals surface area contributed by atoms with Gasteiger partial charge in [-0.15, -0.1) is 0 Å². The van der Waals surface area contributed by atoms with Gasteiger partial charge in [-0.2, -0.15) is 0 Å². The number of nitro benzene ring substituents is 1. The standard InChI is InChI=1S/C12H16BrN3O2/c13-12-6-10(16(17)18)4-3-9(12)8-15-5-1-2-11(15)7-14/h3-4,6,11H,1-2,5,7-8,14H2. The lowest BCUT2D eigenvalue weighted by atomic mass is 10.1. The molecule has 0 radical (unpaired) electrons. The van der Waals surface area contributed by atoms with Gasteiger partial charge in [0, 0.05) is 35.7 Å². The van der Waals surface area contributed by atoms with E-state index in [-0.39, 0.29) is 10.6 Å². The van der Waals surface area contributed by atoms with E-state index >= 15 is 0 Å². The highest BCUT2D eigenvalue weighted by Gasteiger charge is 2.23.